The Labute approximate surface area is 102 Å². The van der Waals surface area contributed by atoms with Gasteiger partial charge in [-0.3, -0.25) is 0 Å². The normalized spacial score (nSPS) is 24.4. The molecule has 0 amide bonds. The second kappa shape index (κ2) is 4.96. The van der Waals surface area contributed by atoms with E-state index < -0.39 is 0 Å². The summed E-state index contributed by atoms with van der Waals surface area (Å²) < 4.78 is 5.33. The maximum absolute atomic E-state index is 6.09. The molecule has 0 saturated heterocycles. The molecule has 0 aromatic heterocycles. The molecular weight excluding hydrogens is 222 g/mol. The maximum atomic E-state index is 6.09. The molecule has 0 radical (unpaired) electrons. The molecule has 2 rings (SSSR count). The SMILES string of the molecule is COc1c(Cl)cccc1NC1CCCC1C. The second-order valence-electron chi connectivity index (χ2n) is 4.48. The van der Waals surface area contributed by atoms with Crippen LogP contribution < -0.4 is 10.1 Å². The van der Waals surface area contributed by atoms with Crippen LogP contribution in [0.15, 0.2) is 18.2 Å². The molecule has 1 fully saturated rings. The van der Waals surface area contributed by atoms with Gasteiger partial charge in [-0.15, -0.1) is 0 Å². The molecule has 2 atom stereocenters. The van der Waals surface area contributed by atoms with Crippen LogP contribution in [0.5, 0.6) is 5.75 Å². The molecule has 1 aromatic rings. The lowest BCUT2D eigenvalue weighted by Crippen LogP contribution is -2.22. The van der Waals surface area contributed by atoms with Gasteiger partial charge in [-0.05, 0) is 30.9 Å². The molecule has 1 aromatic carbocycles. The minimum Gasteiger partial charge on any atom is -0.493 e. The molecule has 0 bridgehead atoms. The topological polar surface area (TPSA) is 21.3 Å². The van der Waals surface area contributed by atoms with E-state index in [2.05, 4.69) is 12.2 Å². The van der Waals surface area contributed by atoms with E-state index in [0.717, 1.165) is 17.4 Å². The van der Waals surface area contributed by atoms with Crippen LogP contribution in [-0.4, -0.2) is 13.2 Å². The number of benzene rings is 1. The second-order valence-corrected chi connectivity index (χ2v) is 4.89. The summed E-state index contributed by atoms with van der Waals surface area (Å²) in [4.78, 5) is 0. The standard InChI is InChI=1S/C13H18ClNO/c1-9-5-3-7-11(9)15-12-8-4-6-10(14)13(12)16-2/h4,6,8-9,11,15H,3,5,7H2,1-2H3. The van der Waals surface area contributed by atoms with Crippen molar-refractivity contribution in [1.29, 1.82) is 0 Å². The molecule has 2 unspecified atom stereocenters. The van der Waals surface area contributed by atoms with Gasteiger partial charge >= 0.3 is 0 Å². The Kier molecular flexibility index (Phi) is 3.59. The molecule has 0 spiro atoms. The van der Waals surface area contributed by atoms with Crippen LogP contribution in [0, 0.1) is 5.92 Å². The third-order valence-corrected chi connectivity index (χ3v) is 3.67. The highest BCUT2D eigenvalue weighted by Crippen LogP contribution is 2.35. The van der Waals surface area contributed by atoms with Crippen molar-refractivity contribution >= 4 is 17.3 Å². The molecule has 3 heteroatoms. The van der Waals surface area contributed by atoms with Crippen LogP contribution in [0.2, 0.25) is 5.02 Å². The number of rotatable bonds is 3. The predicted octanol–water partition coefficient (Wildman–Crippen LogP) is 3.95. The highest BCUT2D eigenvalue weighted by Gasteiger charge is 2.24. The maximum Gasteiger partial charge on any atom is 0.160 e. The average Bonchev–Trinajstić information content (AvgIpc) is 2.65. The molecule has 88 valence electrons. The first-order chi connectivity index (χ1) is 7.72. The summed E-state index contributed by atoms with van der Waals surface area (Å²) in [6.07, 6.45) is 3.85. The zero-order chi connectivity index (χ0) is 11.5. The quantitative estimate of drug-likeness (QED) is 0.863. The van der Waals surface area contributed by atoms with Crippen LogP contribution in [0.4, 0.5) is 5.69 Å². The Morgan fingerprint density at radius 3 is 2.81 bits per heavy atom. The molecule has 2 nitrogen and oxygen atoms in total. The fraction of sp³-hybridized carbons (Fsp3) is 0.538. The summed E-state index contributed by atoms with van der Waals surface area (Å²) in [5.41, 5.74) is 1.01. The lowest BCUT2D eigenvalue weighted by atomic mass is 10.1. The van der Waals surface area contributed by atoms with Crippen molar-refractivity contribution in [1.82, 2.24) is 0 Å². The van der Waals surface area contributed by atoms with Gasteiger partial charge in [-0.25, -0.2) is 0 Å². The zero-order valence-corrected chi connectivity index (χ0v) is 10.6. The summed E-state index contributed by atoms with van der Waals surface area (Å²) in [7, 11) is 1.66. The van der Waals surface area contributed by atoms with E-state index in [4.69, 9.17) is 16.3 Å². The Bertz CT molecular complexity index is 367. The van der Waals surface area contributed by atoms with E-state index >= 15 is 0 Å². The van der Waals surface area contributed by atoms with E-state index in [1.165, 1.54) is 19.3 Å². The number of nitrogens with one attached hydrogen (secondary N) is 1. The molecular formula is C13H18ClNO. The lowest BCUT2D eigenvalue weighted by Gasteiger charge is -2.20. The fourth-order valence-corrected chi connectivity index (χ4v) is 2.64. The van der Waals surface area contributed by atoms with Gasteiger partial charge in [0, 0.05) is 6.04 Å². The first-order valence-corrected chi connectivity index (χ1v) is 6.19. The van der Waals surface area contributed by atoms with E-state index in [1.807, 2.05) is 18.2 Å². The minimum absolute atomic E-state index is 0.548. The van der Waals surface area contributed by atoms with E-state index in [0.29, 0.717) is 11.1 Å². The summed E-state index contributed by atoms with van der Waals surface area (Å²) in [5, 5.41) is 4.21. The van der Waals surface area contributed by atoms with Gasteiger partial charge in [0.05, 0.1) is 17.8 Å². The number of anilines is 1. The van der Waals surface area contributed by atoms with Crippen molar-refractivity contribution < 1.29 is 4.74 Å². The molecule has 1 N–H and O–H groups in total. The minimum atomic E-state index is 0.548. The summed E-state index contributed by atoms with van der Waals surface area (Å²) in [6, 6.07) is 6.37. The van der Waals surface area contributed by atoms with Crippen molar-refractivity contribution in [3.63, 3.8) is 0 Å². The first-order valence-electron chi connectivity index (χ1n) is 5.81. The smallest absolute Gasteiger partial charge is 0.160 e. The van der Waals surface area contributed by atoms with Crippen LogP contribution in [0.25, 0.3) is 0 Å². The van der Waals surface area contributed by atoms with E-state index in [1.54, 1.807) is 7.11 Å². The van der Waals surface area contributed by atoms with Crippen molar-refractivity contribution in [2.24, 2.45) is 5.92 Å². The first kappa shape index (κ1) is 11.6. The fourth-order valence-electron chi connectivity index (χ4n) is 2.39. The third kappa shape index (κ3) is 2.27. The number of hydrogen-bond acceptors (Lipinski definition) is 2. The van der Waals surface area contributed by atoms with Crippen LogP contribution in [0.3, 0.4) is 0 Å². The van der Waals surface area contributed by atoms with Gasteiger partial charge in [0.1, 0.15) is 0 Å². The zero-order valence-electron chi connectivity index (χ0n) is 9.79. The lowest BCUT2D eigenvalue weighted by molar-refractivity contribution is 0.415. The van der Waals surface area contributed by atoms with Crippen molar-refractivity contribution in [3.8, 4) is 5.75 Å². The Morgan fingerprint density at radius 1 is 1.38 bits per heavy atom. The molecule has 1 aliphatic carbocycles. The monoisotopic (exact) mass is 239 g/mol. The summed E-state index contributed by atoms with van der Waals surface area (Å²) in [6.45, 7) is 2.29. The summed E-state index contributed by atoms with van der Waals surface area (Å²) in [5.74, 6) is 1.48. The van der Waals surface area contributed by atoms with Gasteiger partial charge in [0.15, 0.2) is 5.75 Å². The van der Waals surface area contributed by atoms with Crippen molar-refractivity contribution in [3.05, 3.63) is 23.2 Å². The number of halogens is 1. The highest BCUT2D eigenvalue weighted by atomic mass is 35.5. The molecule has 0 heterocycles. The molecule has 1 aliphatic rings. The molecule has 16 heavy (non-hydrogen) atoms. The number of para-hydroxylation sites is 1. The van der Waals surface area contributed by atoms with Crippen LogP contribution in [0.1, 0.15) is 26.2 Å². The van der Waals surface area contributed by atoms with Crippen LogP contribution in [-0.2, 0) is 0 Å². The van der Waals surface area contributed by atoms with Gasteiger partial charge in [-0.2, -0.15) is 0 Å². The Balaban J connectivity index is 2.17. The predicted molar refractivity (Wildman–Crippen MR) is 68.4 cm³/mol. The third-order valence-electron chi connectivity index (χ3n) is 3.37. The number of ether oxygens (including phenoxy) is 1. The van der Waals surface area contributed by atoms with Crippen molar-refractivity contribution in [2.45, 2.75) is 32.2 Å². The van der Waals surface area contributed by atoms with Gasteiger partial charge in [0.25, 0.3) is 0 Å². The molecule has 0 aliphatic heterocycles. The van der Waals surface area contributed by atoms with Crippen molar-refractivity contribution in [2.75, 3.05) is 12.4 Å². The number of hydrogen-bond donors (Lipinski definition) is 1. The van der Waals surface area contributed by atoms with Gasteiger partial charge in [0.2, 0.25) is 0 Å². The average molecular weight is 240 g/mol. The van der Waals surface area contributed by atoms with Crippen LogP contribution >= 0.6 is 11.6 Å². The Morgan fingerprint density at radius 2 is 2.19 bits per heavy atom. The van der Waals surface area contributed by atoms with E-state index in [9.17, 15) is 0 Å². The largest absolute Gasteiger partial charge is 0.493 e. The van der Waals surface area contributed by atoms with Gasteiger partial charge in [-0.1, -0.05) is 31.0 Å². The summed E-state index contributed by atoms with van der Waals surface area (Å²) >= 11 is 6.09. The Hall–Kier alpha value is -0.890. The van der Waals surface area contributed by atoms with Gasteiger partial charge < -0.3 is 10.1 Å². The molecule has 1 saturated carbocycles. The highest BCUT2D eigenvalue weighted by molar-refractivity contribution is 6.32. The van der Waals surface area contributed by atoms with E-state index in [-0.39, 0.29) is 0 Å². The number of methoxy groups -OCH3 is 1.